The monoisotopic (exact) mass is 486 g/mol. The Balaban J connectivity index is 2.08. The molecule has 0 aliphatic heterocycles. The van der Waals surface area contributed by atoms with Crippen LogP contribution in [0.15, 0.2) is 35.5 Å². The fraction of sp³-hybridized carbons (Fsp3) is 0.478. The Kier molecular flexibility index (Phi) is 4.48. The normalized spacial score (nSPS) is 22.6. The van der Waals surface area contributed by atoms with Gasteiger partial charge in [0.2, 0.25) is 0 Å². The first-order valence-electron chi connectivity index (χ1n) is 9.07. The van der Waals surface area contributed by atoms with E-state index in [9.17, 15) is 0 Å². The molecule has 1 aromatic rings. The molecule has 1 unspecified atom stereocenters. The molecule has 0 heterocycles. The maximum absolute atomic E-state index is 2.45. The van der Waals surface area contributed by atoms with Gasteiger partial charge >= 0.3 is 160 Å². The molecule has 0 saturated heterocycles. The molecule has 0 nitrogen and oxygen atoms in total. The molecule has 0 spiro atoms. The van der Waals surface area contributed by atoms with E-state index in [4.69, 9.17) is 0 Å². The van der Waals surface area contributed by atoms with Crippen molar-refractivity contribution >= 4 is 5.57 Å². The zero-order valence-electron chi connectivity index (χ0n) is 16.7. The average Bonchev–Trinajstić information content (AvgIpc) is 2.85. The van der Waals surface area contributed by atoms with Crippen LogP contribution in [-0.4, -0.2) is 0 Å². The molecule has 0 N–H and O–H groups in total. The molecular weight excluding hydrogens is 455 g/mol. The van der Waals surface area contributed by atoms with E-state index in [1.807, 2.05) is 6.66 Å². The predicted molar refractivity (Wildman–Crippen MR) is 102 cm³/mol. The van der Waals surface area contributed by atoms with Crippen molar-refractivity contribution in [3.05, 3.63) is 57.8 Å². The van der Waals surface area contributed by atoms with E-state index >= 15 is 0 Å². The summed E-state index contributed by atoms with van der Waals surface area (Å²) in [5.74, 6) is 0.626. The van der Waals surface area contributed by atoms with Gasteiger partial charge in [0, 0.05) is 0 Å². The van der Waals surface area contributed by atoms with Crippen LogP contribution in [0.5, 0.6) is 0 Å². The molecule has 3 rings (SSSR count). The Hall–Kier alpha value is -0.690. The quantitative estimate of drug-likeness (QED) is 0.401. The Morgan fingerprint density at radius 2 is 1.42 bits per heavy atom. The molecule has 0 radical (unpaired) electrons. The number of aryl methyl sites for hydroxylation is 2. The Bertz CT molecular complexity index is 828. The zero-order valence-corrected chi connectivity index (χ0v) is 20.3. The molecule has 0 amide bonds. The van der Waals surface area contributed by atoms with Crippen molar-refractivity contribution < 1.29 is 22.9 Å². The van der Waals surface area contributed by atoms with Crippen LogP contribution in [0.1, 0.15) is 76.6 Å². The van der Waals surface area contributed by atoms with Crippen molar-refractivity contribution in [1.29, 1.82) is 0 Å². The molecule has 2 aliphatic carbocycles. The summed E-state index contributed by atoms with van der Waals surface area (Å²) >= 11 is -1.04. The Morgan fingerprint density at radius 1 is 0.833 bits per heavy atom. The van der Waals surface area contributed by atoms with Gasteiger partial charge in [0.25, 0.3) is 0 Å². The van der Waals surface area contributed by atoms with Crippen LogP contribution in [0.25, 0.3) is 5.57 Å². The number of benzene rings is 1. The second-order valence-electron chi connectivity index (χ2n) is 8.25. The number of rotatable bonds is 2. The van der Waals surface area contributed by atoms with Gasteiger partial charge in [-0.1, -0.05) is 0 Å². The fourth-order valence-corrected chi connectivity index (χ4v) is 11.2. The SMILES string of the molecule is CC1=C(C)C(C)(C)[C]([Hf][C]2=C(C)c3c(C)ccc(C)c3C2C)=C1C. The predicted octanol–water partition coefficient (Wildman–Crippen LogP) is 6.88. The van der Waals surface area contributed by atoms with Crippen molar-refractivity contribution in [2.24, 2.45) is 5.41 Å². The van der Waals surface area contributed by atoms with E-state index < -0.39 is 22.9 Å². The van der Waals surface area contributed by atoms with Crippen molar-refractivity contribution in [1.82, 2.24) is 0 Å². The van der Waals surface area contributed by atoms with Gasteiger partial charge in [0.15, 0.2) is 0 Å². The summed E-state index contributed by atoms with van der Waals surface area (Å²) in [6.07, 6.45) is 0. The van der Waals surface area contributed by atoms with Gasteiger partial charge in [0.05, 0.1) is 0 Å². The molecule has 24 heavy (non-hydrogen) atoms. The third kappa shape index (κ3) is 2.42. The first-order chi connectivity index (χ1) is 11.1. The summed E-state index contributed by atoms with van der Waals surface area (Å²) in [6, 6.07) is 4.62. The summed E-state index contributed by atoms with van der Waals surface area (Å²) in [4.78, 5) is 0. The minimum atomic E-state index is -1.04. The zero-order chi connectivity index (χ0) is 18.0. The molecular formula is C23H30Hf. The van der Waals surface area contributed by atoms with E-state index in [0.29, 0.717) is 5.92 Å². The molecule has 0 saturated carbocycles. The molecule has 2 aliphatic rings. The van der Waals surface area contributed by atoms with Crippen LogP contribution < -0.4 is 0 Å². The van der Waals surface area contributed by atoms with Gasteiger partial charge < -0.3 is 0 Å². The number of fused-ring (bicyclic) bond motifs is 1. The second-order valence-corrected chi connectivity index (χ2v) is 12.9. The number of hydrogen-bond donors (Lipinski definition) is 0. The summed E-state index contributed by atoms with van der Waals surface area (Å²) < 4.78 is 3.65. The second kappa shape index (κ2) is 5.94. The van der Waals surface area contributed by atoms with Crippen LogP contribution in [0, 0.1) is 19.3 Å². The molecule has 0 bridgehead atoms. The van der Waals surface area contributed by atoms with E-state index in [-0.39, 0.29) is 5.41 Å². The van der Waals surface area contributed by atoms with E-state index in [0.717, 1.165) is 0 Å². The standard InChI is InChI=1S/C13H15.C10H15.Hf/c1-8-5-6-9(2)13-11(4)7-10(3)12(8)13;1-7-6-10(4,5)9(3)8(7)2;/h5-6,10H,1-4H3;1-5H3;. The van der Waals surface area contributed by atoms with Gasteiger partial charge in [0.1, 0.15) is 0 Å². The molecule has 1 atom stereocenters. The van der Waals surface area contributed by atoms with Crippen molar-refractivity contribution in [2.45, 2.75) is 68.2 Å². The van der Waals surface area contributed by atoms with E-state index in [2.05, 4.69) is 74.4 Å². The molecule has 1 heteroatoms. The third-order valence-corrected chi connectivity index (χ3v) is 15.0. The summed E-state index contributed by atoms with van der Waals surface area (Å²) in [6.45, 7) is 21.4. The van der Waals surface area contributed by atoms with E-state index in [1.54, 1.807) is 33.4 Å². The minimum absolute atomic E-state index is 0.281. The summed E-state index contributed by atoms with van der Waals surface area (Å²) in [5, 5.41) is 0. The topological polar surface area (TPSA) is 0 Å². The molecule has 1 aromatic carbocycles. The van der Waals surface area contributed by atoms with Gasteiger partial charge in [-0.3, -0.25) is 0 Å². The molecule has 0 aromatic heterocycles. The fourth-order valence-electron chi connectivity index (χ4n) is 4.67. The first-order valence-corrected chi connectivity index (χ1v) is 12.7. The van der Waals surface area contributed by atoms with Crippen molar-refractivity contribution in [2.75, 3.05) is 0 Å². The van der Waals surface area contributed by atoms with Gasteiger partial charge in [-0.15, -0.1) is 0 Å². The number of allylic oxidation sites excluding steroid dienone is 6. The van der Waals surface area contributed by atoms with Crippen LogP contribution in [0.4, 0.5) is 0 Å². The van der Waals surface area contributed by atoms with Gasteiger partial charge in [-0.2, -0.15) is 0 Å². The number of hydrogen-bond acceptors (Lipinski definition) is 0. The van der Waals surface area contributed by atoms with Gasteiger partial charge in [-0.25, -0.2) is 0 Å². The third-order valence-electron chi connectivity index (χ3n) is 6.64. The Morgan fingerprint density at radius 3 is 1.92 bits per heavy atom. The van der Waals surface area contributed by atoms with Crippen LogP contribution in [0.2, 0.25) is 0 Å². The van der Waals surface area contributed by atoms with Crippen molar-refractivity contribution in [3.63, 3.8) is 0 Å². The Labute approximate surface area is 159 Å². The summed E-state index contributed by atoms with van der Waals surface area (Å²) in [7, 11) is 0. The first kappa shape index (κ1) is 18.1. The van der Waals surface area contributed by atoms with Gasteiger partial charge in [-0.05, 0) is 0 Å². The molecule has 0 fully saturated rings. The molecule has 126 valence electrons. The van der Waals surface area contributed by atoms with Crippen LogP contribution in [-0.2, 0) is 22.9 Å². The van der Waals surface area contributed by atoms with Crippen molar-refractivity contribution in [3.8, 4) is 0 Å². The van der Waals surface area contributed by atoms with Crippen LogP contribution >= 0.6 is 0 Å². The van der Waals surface area contributed by atoms with Crippen LogP contribution in [0.3, 0.4) is 0 Å². The summed E-state index contributed by atoms with van der Waals surface area (Å²) in [5.41, 5.74) is 12.8. The maximum atomic E-state index is 2.45. The average molecular weight is 485 g/mol. The van der Waals surface area contributed by atoms with E-state index in [1.165, 1.54) is 11.1 Å².